The Labute approximate surface area is 107 Å². The lowest BCUT2D eigenvalue weighted by Gasteiger charge is -2.00. The summed E-state index contributed by atoms with van der Waals surface area (Å²) in [4.78, 5) is 5.44. The van der Waals surface area contributed by atoms with E-state index in [0.717, 1.165) is 16.7 Å². The lowest BCUT2D eigenvalue weighted by Crippen LogP contribution is -1.84. The number of nitrogens with zero attached hydrogens (tertiary/aromatic N) is 2. The zero-order valence-corrected chi connectivity index (χ0v) is 11.2. The van der Waals surface area contributed by atoms with Crippen LogP contribution < -0.4 is 0 Å². The lowest BCUT2D eigenvalue weighted by molar-refractivity contribution is 0.385. The first-order valence-corrected chi connectivity index (χ1v) is 6.76. The molecule has 0 aliphatic carbocycles. The lowest BCUT2D eigenvalue weighted by atomic mass is 10.4. The molecule has 0 saturated heterocycles. The van der Waals surface area contributed by atoms with Crippen LogP contribution in [0.15, 0.2) is 38.2 Å². The summed E-state index contributed by atoms with van der Waals surface area (Å²) < 4.78 is 6.21. The van der Waals surface area contributed by atoms with Crippen LogP contribution in [-0.2, 0) is 12.2 Å². The summed E-state index contributed by atoms with van der Waals surface area (Å²) in [6, 6.07) is 8.09. The highest BCUT2D eigenvalue weighted by Gasteiger charge is 2.06. The summed E-state index contributed by atoms with van der Waals surface area (Å²) in [5.74, 6) is 2.15. The van der Waals surface area contributed by atoms with E-state index in [1.54, 1.807) is 11.8 Å². The van der Waals surface area contributed by atoms with Gasteiger partial charge in [0.05, 0.1) is 5.75 Å². The number of rotatable bonds is 4. The number of hydrogen-bond donors (Lipinski definition) is 0. The standard InChI is InChI=1S/C11H11BrN2OS/c1-2-10-13-11(15-14-10)7-16-9-6-4-3-5-8(9)12/h3-6H,2,7H2,1H3. The van der Waals surface area contributed by atoms with Crippen molar-refractivity contribution in [3.63, 3.8) is 0 Å². The van der Waals surface area contributed by atoms with Crippen LogP contribution in [0.2, 0.25) is 0 Å². The minimum atomic E-state index is 0.678. The molecular weight excluding hydrogens is 288 g/mol. The number of halogens is 1. The van der Waals surface area contributed by atoms with Crippen LogP contribution >= 0.6 is 27.7 Å². The molecule has 1 aromatic heterocycles. The van der Waals surface area contributed by atoms with Gasteiger partial charge in [-0.1, -0.05) is 24.2 Å². The maximum atomic E-state index is 5.12. The second-order valence-corrected chi connectivity index (χ2v) is 5.05. The predicted octanol–water partition coefficient (Wildman–Crippen LogP) is 3.69. The van der Waals surface area contributed by atoms with Crippen LogP contribution in [0.3, 0.4) is 0 Å². The van der Waals surface area contributed by atoms with Crippen LogP contribution in [0.5, 0.6) is 0 Å². The monoisotopic (exact) mass is 298 g/mol. The number of benzene rings is 1. The molecule has 0 aliphatic rings. The van der Waals surface area contributed by atoms with Gasteiger partial charge in [-0.2, -0.15) is 4.98 Å². The van der Waals surface area contributed by atoms with Crippen molar-refractivity contribution in [2.45, 2.75) is 24.0 Å². The molecular formula is C11H11BrN2OS. The Hall–Kier alpha value is -0.810. The molecule has 0 atom stereocenters. The summed E-state index contributed by atoms with van der Waals surface area (Å²) in [7, 11) is 0. The molecule has 3 nitrogen and oxygen atoms in total. The zero-order valence-electron chi connectivity index (χ0n) is 8.81. The van der Waals surface area contributed by atoms with Gasteiger partial charge >= 0.3 is 0 Å². The average Bonchev–Trinajstić information content (AvgIpc) is 2.76. The Kier molecular flexibility index (Phi) is 4.01. The molecule has 0 spiro atoms. The molecule has 84 valence electrons. The molecule has 0 saturated carbocycles. The van der Waals surface area contributed by atoms with Gasteiger partial charge in [0.15, 0.2) is 5.82 Å². The van der Waals surface area contributed by atoms with Crippen molar-refractivity contribution in [1.82, 2.24) is 10.1 Å². The third-order valence-corrected chi connectivity index (χ3v) is 4.03. The second-order valence-electron chi connectivity index (χ2n) is 3.18. The smallest absolute Gasteiger partial charge is 0.237 e. The SMILES string of the molecule is CCc1noc(CSc2ccccc2Br)n1. The Balaban J connectivity index is 1.99. The second kappa shape index (κ2) is 5.50. The quantitative estimate of drug-likeness (QED) is 0.807. The van der Waals surface area contributed by atoms with Crippen molar-refractivity contribution in [3.05, 3.63) is 40.5 Å². The highest BCUT2D eigenvalue weighted by Crippen LogP contribution is 2.29. The van der Waals surface area contributed by atoms with Gasteiger partial charge in [-0.15, -0.1) is 11.8 Å². The van der Waals surface area contributed by atoms with E-state index < -0.39 is 0 Å². The van der Waals surface area contributed by atoms with E-state index in [1.165, 1.54) is 4.90 Å². The van der Waals surface area contributed by atoms with E-state index in [2.05, 4.69) is 32.1 Å². The molecule has 0 aliphatic heterocycles. The molecule has 1 heterocycles. The van der Waals surface area contributed by atoms with Crippen molar-refractivity contribution in [1.29, 1.82) is 0 Å². The number of aromatic nitrogens is 2. The van der Waals surface area contributed by atoms with Crippen LogP contribution in [-0.4, -0.2) is 10.1 Å². The average molecular weight is 299 g/mol. The third kappa shape index (κ3) is 2.86. The molecule has 0 amide bonds. The Morgan fingerprint density at radius 3 is 2.88 bits per heavy atom. The Morgan fingerprint density at radius 2 is 2.19 bits per heavy atom. The van der Waals surface area contributed by atoms with Gasteiger partial charge < -0.3 is 4.52 Å². The topological polar surface area (TPSA) is 38.9 Å². The van der Waals surface area contributed by atoms with Gasteiger partial charge in [-0.05, 0) is 28.1 Å². The Bertz CT molecular complexity index is 473. The molecule has 0 N–H and O–H groups in total. The molecule has 0 unspecified atom stereocenters. The van der Waals surface area contributed by atoms with Crippen LogP contribution in [0.25, 0.3) is 0 Å². The van der Waals surface area contributed by atoms with Crippen molar-refractivity contribution in [2.24, 2.45) is 0 Å². The van der Waals surface area contributed by atoms with Crippen molar-refractivity contribution < 1.29 is 4.52 Å². The maximum absolute atomic E-state index is 5.12. The van der Waals surface area contributed by atoms with E-state index in [0.29, 0.717) is 11.6 Å². The fraction of sp³-hybridized carbons (Fsp3) is 0.273. The summed E-state index contributed by atoms with van der Waals surface area (Å²) in [6.45, 7) is 2.01. The minimum Gasteiger partial charge on any atom is -0.338 e. The van der Waals surface area contributed by atoms with E-state index in [-0.39, 0.29) is 0 Å². The number of thioether (sulfide) groups is 1. The van der Waals surface area contributed by atoms with Crippen LogP contribution in [0.1, 0.15) is 18.6 Å². The normalized spacial score (nSPS) is 10.6. The van der Waals surface area contributed by atoms with Crippen molar-refractivity contribution in [2.75, 3.05) is 0 Å². The first-order valence-electron chi connectivity index (χ1n) is 4.98. The number of hydrogen-bond acceptors (Lipinski definition) is 4. The molecule has 2 rings (SSSR count). The molecule has 0 bridgehead atoms. The highest BCUT2D eigenvalue weighted by atomic mass is 79.9. The van der Waals surface area contributed by atoms with E-state index in [9.17, 15) is 0 Å². The Morgan fingerprint density at radius 1 is 1.38 bits per heavy atom. The maximum Gasteiger partial charge on any atom is 0.237 e. The fourth-order valence-electron chi connectivity index (χ4n) is 1.19. The molecule has 5 heteroatoms. The van der Waals surface area contributed by atoms with Crippen molar-refractivity contribution >= 4 is 27.7 Å². The first kappa shape index (κ1) is 11.7. The minimum absolute atomic E-state index is 0.678. The van der Waals surface area contributed by atoms with Gasteiger partial charge in [-0.3, -0.25) is 0 Å². The summed E-state index contributed by atoms with van der Waals surface area (Å²) in [5, 5.41) is 3.86. The molecule has 0 fully saturated rings. The summed E-state index contributed by atoms with van der Waals surface area (Å²) >= 11 is 5.18. The van der Waals surface area contributed by atoms with Gasteiger partial charge in [0.25, 0.3) is 0 Å². The molecule has 0 radical (unpaired) electrons. The van der Waals surface area contributed by atoms with Crippen LogP contribution in [0.4, 0.5) is 0 Å². The fourth-order valence-corrected chi connectivity index (χ4v) is 2.60. The predicted molar refractivity (Wildman–Crippen MR) is 67.4 cm³/mol. The number of aryl methyl sites for hydroxylation is 1. The molecule has 2 aromatic rings. The van der Waals surface area contributed by atoms with E-state index in [1.807, 2.05) is 25.1 Å². The summed E-state index contributed by atoms with van der Waals surface area (Å²) in [5.41, 5.74) is 0. The van der Waals surface area contributed by atoms with E-state index >= 15 is 0 Å². The van der Waals surface area contributed by atoms with Crippen molar-refractivity contribution in [3.8, 4) is 0 Å². The first-order chi connectivity index (χ1) is 7.79. The van der Waals surface area contributed by atoms with E-state index in [4.69, 9.17) is 4.52 Å². The molecule has 16 heavy (non-hydrogen) atoms. The van der Waals surface area contributed by atoms with Crippen LogP contribution in [0, 0.1) is 0 Å². The molecule has 1 aromatic carbocycles. The van der Waals surface area contributed by atoms with Gasteiger partial charge in [0.2, 0.25) is 5.89 Å². The highest BCUT2D eigenvalue weighted by molar-refractivity contribution is 9.10. The van der Waals surface area contributed by atoms with Gasteiger partial charge in [-0.25, -0.2) is 0 Å². The largest absolute Gasteiger partial charge is 0.338 e. The van der Waals surface area contributed by atoms with Gasteiger partial charge in [0, 0.05) is 15.8 Å². The zero-order chi connectivity index (χ0) is 11.4. The third-order valence-electron chi connectivity index (χ3n) is 2.01. The summed E-state index contributed by atoms with van der Waals surface area (Å²) in [6.07, 6.45) is 0.809. The van der Waals surface area contributed by atoms with Gasteiger partial charge in [0.1, 0.15) is 0 Å².